The van der Waals surface area contributed by atoms with Crippen molar-refractivity contribution in [2.24, 2.45) is 0 Å². The lowest BCUT2D eigenvalue weighted by Crippen LogP contribution is -2.52. The molecule has 0 aliphatic heterocycles. The summed E-state index contributed by atoms with van der Waals surface area (Å²) in [5, 5.41) is 2.91. The summed E-state index contributed by atoms with van der Waals surface area (Å²) in [7, 11) is -4.08. The molecule has 0 aliphatic carbocycles. The van der Waals surface area contributed by atoms with Gasteiger partial charge in [0.2, 0.25) is 11.8 Å². The van der Waals surface area contributed by atoms with Gasteiger partial charge >= 0.3 is 0 Å². The van der Waals surface area contributed by atoms with Gasteiger partial charge in [0, 0.05) is 13.1 Å². The van der Waals surface area contributed by atoms with Crippen LogP contribution >= 0.6 is 0 Å². The Bertz CT molecular complexity index is 1390. The van der Waals surface area contributed by atoms with Crippen LogP contribution in [0.3, 0.4) is 0 Å². The minimum Gasteiger partial charge on any atom is -0.354 e. The molecule has 1 N–H and O–H groups in total. The molecule has 0 spiro atoms. The SMILES string of the molecule is CCCNC(=O)[C@H](CC)N(Cc1ccccc1C)C(=O)CN(c1cc(C)ccc1C)S(=O)(=O)c1ccccc1. The molecule has 3 aromatic rings. The first-order valence-electron chi connectivity index (χ1n) is 13.4. The molecule has 0 radical (unpaired) electrons. The van der Waals surface area contributed by atoms with E-state index in [1.54, 1.807) is 24.3 Å². The number of anilines is 1. The van der Waals surface area contributed by atoms with E-state index in [1.165, 1.54) is 21.3 Å². The van der Waals surface area contributed by atoms with Gasteiger partial charge in [-0.05, 0) is 74.1 Å². The number of nitrogens with zero attached hydrogens (tertiary/aromatic N) is 2. The summed E-state index contributed by atoms with van der Waals surface area (Å²) in [6.45, 7) is 9.74. The van der Waals surface area contributed by atoms with Gasteiger partial charge in [0.25, 0.3) is 10.0 Å². The van der Waals surface area contributed by atoms with Gasteiger partial charge < -0.3 is 10.2 Å². The molecule has 8 heteroatoms. The molecule has 3 rings (SSSR count). The van der Waals surface area contributed by atoms with E-state index in [1.807, 2.05) is 71.0 Å². The molecule has 2 amide bonds. The predicted molar refractivity (Wildman–Crippen MR) is 156 cm³/mol. The van der Waals surface area contributed by atoms with Gasteiger partial charge in [-0.25, -0.2) is 8.42 Å². The number of sulfonamides is 1. The van der Waals surface area contributed by atoms with E-state index in [0.717, 1.165) is 28.7 Å². The van der Waals surface area contributed by atoms with Gasteiger partial charge in [0.1, 0.15) is 12.6 Å². The third-order valence-electron chi connectivity index (χ3n) is 6.78. The number of benzene rings is 3. The van der Waals surface area contributed by atoms with E-state index in [2.05, 4.69) is 5.32 Å². The molecule has 0 saturated carbocycles. The van der Waals surface area contributed by atoms with E-state index < -0.39 is 28.5 Å². The number of rotatable bonds is 12. The Morgan fingerprint density at radius 1 is 0.872 bits per heavy atom. The van der Waals surface area contributed by atoms with Crippen LogP contribution in [0, 0.1) is 20.8 Å². The lowest BCUT2D eigenvalue weighted by molar-refractivity contribution is -0.140. The highest BCUT2D eigenvalue weighted by atomic mass is 32.2. The highest BCUT2D eigenvalue weighted by molar-refractivity contribution is 7.92. The first-order chi connectivity index (χ1) is 18.6. The molecule has 208 valence electrons. The lowest BCUT2D eigenvalue weighted by Gasteiger charge is -2.34. The topological polar surface area (TPSA) is 86.8 Å². The number of carbonyl (C=O) groups excluding carboxylic acids is 2. The van der Waals surface area contributed by atoms with Crippen molar-refractivity contribution in [2.45, 2.75) is 64.9 Å². The van der Waals surface area contributed by atoms with Crippen LogP contribution in [-0.4, -0.2) is 44.3 Å². The Morgan fingerprint density at radius 3 is 2.18 bits per heavy atom. The predicted octanol–water partition coefficient (Wildman–Crippen LogP) is 5.14. The average Bonchev–Trinajstić information content (AvgIpc) is 2.93. The molecular weight excluding hydrogens is 510 g/mol. The monoisotopic (exact) mass is 549 g/mol. The summed E-state index contributed by atoms with van der Waals surface area (Å²) in [6.07, 6.45) is 1.16. The van der Waals surface area contributed by atoms with Crippen LogP contribution in [0.2, 0.25) is 0 Å². The van der Waals surface area contributed by atoms with E-state index >= 15 is 0 Å². The number of carbonyl (C=O) groups is 2. The number of hydrogen-bond acceptors (Lipinski definition) is 4. The zero-order valence-corrected chi connectivity index (χ0v) is 24.3. The zero-order chi connectivity index (χ0) is 28.6. The van der Waals surface area contributed by atoms with Crippen molar-refractivity contribution in [3.05, 3.63) is 95.1 Å². The van der Waals surface area contributed by atoms with Crippen LogP contribution in [0.15, 0.2) is 77.7 Å². The second-order valence-corrected chi connectivity index (χ2v) is 11.6. The fourth-order valence-electron chi connectivity index (χ4n) is 4.48. The van der Waals surface area contributed by atoms with E-state index in [9.17, 15) is 18.0 Å². The van der Waals surface area contributed by atoms with Crippen molar-refractivity contribution >= 4 is 27.5 Å². The molecule has 0 unspecified atom stereocenters. The molecule has 0 bridgehead atoms. The maximum Gasteiger partial charge on any atom is 0.264 e. The smallest absolute Gasteiger partial charge is 0.264 e. The third-order valence-corrected chi connectivity index (χ3v) is 8.55. The largest absolute Gasteiger partial charge is 0.354 e. The third kappa shape index (κ3) is 7.26. The first kappa shape index (κ1) is 29.9. The van der Waals surface area contributed by atoms with Crippen LogP contribution < -0.4 is 9.62 Å². The molecule has 0 saturated heterocycles. The Morgan fingerprint density at radius 2 is 1.54 bits per heavy atom. The molecule has 3 aromatic carbocycles. The normalized spacial score (nSPS) is 12.0. The Kier molecular flexibility index (Phi) is 10.3. The number of amides is 2. The Hall–Kier alpha value is -3.65. The van der Waals surface area contributed by atoms with Crippen LogP contribution in [0.4, 0.5) is 5.69 Å². The number of aryl methyl sites for hydroxylation is 3. The molecule has 39 heavy (non-hydrogen) atoms. The van der Waals surface area contributed by atoms with Crippen molar-refractivity contribution in [3.8, 4) is 0 Å². The minimum atomic E-state index is -4.08. The first-order valence-corrected chi connectivity index (χ1v) is 14.8. The van der Waals surface area contributed by atoms with Gasteiger partial charge in [0.05, 0.1) is 10.6 Å². The highest BCUT2D eigenvalue weighted by Gasteiger charge is 2.34. The molecular formula is C31H39N3O4S. The minimum absolute atomic E-state index is 0.0943. The van der Waals surface area contributed by atoms with Gasteiger partial charge in [-0.1, -0.05) is 68.4 Å². The second-order valence-electron chi connectivity index (χ2n) is 9.78. The maximum atomic E-state index is 14.1. The van der Waals surface area contributed by atoms with Gasteiger partial charge in [-0.3, -0.25) is 13.9 Å². The van der Waals surface area contributed by atoms with Gasteiger partial charge in [-0.15, -0.1) is 0 Å². The number of nitrogens with one attached hydrogen (secondary N) is 1. The Labute approximate surface area is 232 Å². The van der Waals surface area contributed by atoms with Crippen LogP contribution in [-0.2, 0) is 26.2 Å². The van der Waals surface area contributed by atoms with Crippen molar-refractivity contribution < 1.29 is 18.0 Å². The van der Waals surface area contributed by atoms with E-state index in [0.29, 0.717) is 18.7 Å². The van der Waals surface area contributed by atoms with Crippen LogP contribution in [0.25, 0.3) is 0 Å². The molecule has 7 nitrogen and oxygen atoms in total. The summed E-state index contributed by atoms with van der Waals surface area (Å²) in [6, 6.07) is 20.6. The molecule has 1 atom stereocenters. The van der Waals surface area contributed by atoms with Crippen molar-refractivity contribution in [3.63, 3.8) is 0 Å². The van der Waals surface area contributed by atoms with Crippen LogP contribution in [0.1, 0.15) is 48.9 Å². The lowest BCUT2D eigenvalue weighted by atomic mass is 10.1. The summed E-state index contributed by atoms with van der Waals surface area (Å²) in [4.78, 5) is 28.9. The molecule has 0 fully saturated rings. The fourth-order valence-corrected chi connectivity index (χ4v) is 5.97. The quantitative estimate of drug-likeness (QED) is 0.339. The summed E-state index contributed by atoms with van der Waals surface area (Å²) >= 11 is 0. The summed E-state index contributed by atoms with van der Waals surface area (Å²) < 4.78 is 29.1. The molecule has 0 heterocycles. The highest BCUT2D eigenvalue weighted by Crippen LogP contribution is 2.28. The van der Waals surface area contributed by atoms with E-state index in [4.69, 9.17) is 0 Å². The summed E-state index contributed by atoms with van der Waals surface area (Å²) in [5.41, 5.74) is 3.93. The second kappa shape index (κ2) is 13.4. The van der Waals surface area contributed by atoms with Gasteiger partial charge in [-0.2, -0.15) is 0 Å². The van der Waals surface area contributed by atoms with Crippen molar-refractivity contribution in [2.75, 3.05) is 17.4 Å². The van der Waals surface area contributed by atoms with Gasteiger partial charge in [0.15, 0.2) is 0 Å². The standard InChI is InChI=1S/C31H39N3O4S/c1-6-19-32-31(36)28(7-2)33(21-26-14-12-11-13-24(26)4)30(35)22-34(29-20-23(3)17-18-25(29)5)39(37,38)27-15-9-8-10-16-27/h8-18,20,28H,6-7,19,21-22H2,1-5H3,(H,32,36)/t28-/m0/s1. The van der Waals surface area contributed by atoms with Crippen LogP contribution in [0.5, 0.6) is 0 Å². The fraction of sp³-hybridized carbons (Fsp3) is 0.355. The number of hydrogen-bond donors (Lipinski definition) is 1. The van der Waals surface area contributed by atoms with Crippen molar-refractivity contribution in [1.82, 2.24) is 10.2 Å². The summed E-state index contributed by atoms with van der Waals surface area (Å²) in [5.74, 6) is -0.692. The zero-order valence-electron chi connectivity index (χ0n) is 23.5. The Balaban J connectivity index is 2.09. The molecule has 0 aliphatic rings. The van der Waals surface area contributed by atoms with Crippen molar-refractivity contribution in [1.29, 1.82) is 0 Å². The average molecular weight is 550 g/mol. The molecule has 0 aromatic heterocycles. The van der Waals surface area contributed by atoms with E-state index in [-0.39, 0.29) is 17.3 Å². The maximum absolute atomic E-state index is 14.1.